The molecule has 0 N–H and O–H groups in total. The van der Waals surface area contributed by atoms with E-state index in [4.69, 9.17) is 4.98 Å². The molecule has 1 aromatic heterocycles. The van der Waals surface area contributed by atoms with Crippen LogP contribution in [0.5, 0.6) is 0 Å². The number of anilines is 1. The Hall–Kier alpha value is -2.23. The maximum atomic E-state index is 11.4. The van der Waals surface area contributed by atoms with Crippen LogP contribution in [0.2, 0.25) is 0 Å². The summed E-state index contributed by atoms with van der Waals surface area (Å²) in [5.41, 5.74) is 3.12. The van der Waals surface area contributed by atoms with Crippen LogP contribution in [0.25, 0.3) is 11.4 Å². The molecule has 4 heteroatoms. The Morgan fingerprint density at radius 2 is 1.67 bits per heavy atom. The molecule has 0 bridgehead atoms. The van der Waals surface area contributed by atoms with E-state index in [1.165, 1.54) is 0 Å². The Morgan fingerprint density at radius 1 is 1.00 bits per heavy atom. The lowest BCUT2D eigenvalue weighted by molar-refractivity contribution is -0.119. The van der Waals surface area contributed by atoms with Gasteiger partial charge in [-0.25, -0.2) is 9.97 Å². The molecule has 1 aliphatic rings. The summed E-state index contributed by atoms with van der Waals surface area (Å²) in [6.07, 6.45) is 1.23. The number of Topliss-reactive ketones (excluding diaryl/α,β-unsaturated/α-hetero) is 1. The van der Waals surface area contributed by atoms with Gasteiger partial charge in [0.2, 0.25) is 0 Å². The van der Waals surface area contributed by atoms with Crippen LogP contribution in [0.4, 0.5) is 5.82 Å². The molecule has 0 radical (unpaired) electrons. The Balaban J connectivity index is 2.00. The van der Waals surface area contributed by atoms with Gasteiger partial charge in [0.1, 0.15) is 11.6 Å². The standard InChI is InChI=1S/C17H19N3O/c1-12-13(2)18-16(14-6-4-3-5-7-14)19-17(12)20-10-8-15(21)9-11-20/h3-7H,8-11H2,1-2H3. The molecule has 0 atom stereocenters. The number of piperidine rings is 1. The second kappa shape index (κ2) is 5.64. The first-order valence-electron chi connectivity index (χ1n) is 7.32. The van der Waals surface area contributed by atoms with Gasteiger partial charge in [0.15, 0.2) is 5.82 Å². The van der Waals surface area contributed by atoms with Crippen LogP contribution in [0.3, 0.4) is 0 Å². The molecule has 0 spiro atoms. The van der Waals surface area contributed by atoms with Crippen LogP contribution in [0.15, 0.2) is 30.3 Å². The van der Waals surface area contributed by atoms with Crippen LogP contribution in [-0.4, -0.2) is 28.8 Å². The number of hydrogen-bond donors (Lipinski definition) is 0. The van der Waals surface area contributed by atoms with Crippen LogP contribution in [-0.2, 0) is 4.79 Å². The van der Waals surface area contributed by atoms with Gasteiger partial charge in [0.25, 0.3) is 0 Å². The zero-order chi connectivity index (χ0) is 14.8. The van der Waals surface area contributed by atoms with E-state index in [0.29, 0.717) is 18.6 Å². The average Bonchev–Trinajstić information content (AvgIpc) is 2.52. The van der Waals surface area contributed by atoms with Gasteiger partial charge in [-0.1, -0.05) is 30.3 Å². The monoisotopic (exact) mass is 281 g/mol. The van der Waals surface area contributed by atoms with Gasteiger partial charge in [0.05, 0.1) is 0 Å². The molecule has 0 amide bonds. The molecule has 1 fully saturated rings. The Bertz CT molecular complexity index is 657. The minimum atomic E-state index is 0.345. The van der Waals surface area contributed by atoms with Crippen LogP contribution < -0.4 is 4.90 Å². The first kappa shape index (κ1) is 13.7. The summed E-state index contributed by atoms with van der Waals surface area (Å²) in [5, 5.41) is 0. The molecule has 108 valence electrons. The topological polar surface area (TPSA) is 46.1 Å². The molecule has 3 rings (SSSR count). The molecule has 0 unspecified atom stereocenters. The molecular formula is C17H19N3O. The fourth-order valence-electron chi connectivity index (χ4n) is 2.61. The normalized spacial score (nSPS) is 15.3. The number of hydrogen-bond acceptors (Lipinski definition) is 4. The van der Waals surface area contributed by atoms with E-state index < -0.39 is 0 Å². The van der Waals surface area contributed by atoms with Crippen molar-refractivity contribution in [3.63, 3.8) is 0 Å². The van der Waals surface area contributed by atoms with Crippen molar-refractivity contribution in [1.29, 1.82) is 0 Å². The molecule has 2 aromatic rings. The van der Waals surface area contributed by atoms with Crippen molar-refractivity contribution < 1.29 is 4.79 Å². The van der Waals surface area contributed by atoms with E-state index >= 15 is 0 Å². The van der Waals surface area contributed by atoms with Crippen LogP contribution in [0.1, 0.15) is 24.1 Å². The number of ketones is 1. The third kappa shape index (κ3) is 2.79. The first-order chi connectivity index (χ1) is 10.1. The van der Waals surface area contributed by atoms with Crippen molar-refractivity contribution in [3.05, 3.63) is 41.6 Å². The predicted octanol–water partition coefficient (Wildman–Crippen LogP) is 2.93. The molecule has 21 heavy (non-hydrogen) atoms. The lowest BCUT2D eigenvalue weighted by Gasteiger charge is -2.29. The second-order valence-electron chi connectivity index (χ2n) is 5.47. The number of benzene rings is 1. The van der Waals surface area contributed by atoms with Crippen molar-refractivity contribution >= 4 is 11.6 Å². The van der Waals surface area contributed by atoms with Gasteiger partial charge >= 0.3 is 0 Å². The predicted molar refractivity (Wildman–Crippen MR) is 83.4 cm³/mol. The summed E-state index contributed by atoms with van der Waals surface area (Å²) in [6.45, 7) is 5.58. The van der Waals surface area contributed by atoms with Crippen LogP contribution >= 0.6 is 0 Å². The Kier molecular flexibility index (Phi) is 3.69. The summed E-state index contributed by atoms with van der Waals surface area (Å²) < 4.78 is 0. The van der Waals surface area contributed by atoms with Crippen molar-refractivity contribution in [2.24, 2.45) is 0 Å². The number of rotatable bonds is 2. The van der Waals surface area contributed by atoms with E-state index in [-0.39, 0.29) is 0 Å². The average molecular weight is 281 g/mol. The summed E-state index contributed by atoms with van der Waals surface area (Å²) >= 11 is 0. The lowest BCUT2D eigenvalue weighted by atomic mass is 10.1. The number of aryl methyl sites for hydroxylation is 1. The maximum Gasteiger partial charge on any atom is 0.161 e. The third-order valence-electron chi connectivity index (χ3n) is 4.02. The van der Waals surface area contributed by atoms with Crippen molar-refractivity contribution in [1.82, 2.24) is 9.97 Å². The van der Waals surface area contributed by atoms with Gasteiger partial charge in [0, 0.05) is 42.8 Å². The first-order valence-corrected chi connectivity index (χ1v) is 7.32. The highest BCUT2D eigenvalue weighted by atomic mass is 16.1. The van der Waals surface area contributed by atoms with Crippen molar-refractivity contribution in [2.75, 3.05) is 18.0 Å². The van der Waals surface area contributed by atoms with Gasteiger partial charge in [-0.3, -0.25) is 4.79 Å². The van der Waals surface area contributed by atoms with Gasteiger partial charge in [-0.2, -0.15) is 0 Å². The summed E-state index contributed by atoms with van der Waals surface area (Å²) in [7, 11) is 0. The van der Waals surface area contributed by atoms with E-state index in [0.717, 1.165) is 41.6 Å². The quantitative estimate of drug-likeness (QED) is 0.849. The minimum absolute atomic E-state index is 0.345. The third-order valence-corrected chi connectivity index (χ3v) is 4.02. The van der Waals surface area contributed by atoms with Crippen LogP contribution in [0, 0.1) is 13.8 Å². The molecular weight excluding hydrogens is 262 g/mol. The van der Waals surface area contributed by atoms with E-state index in [2.05, 4.69) is 16.8 Å². The smallest absolute Gasteiger partial charge is 0.161 e. The Morgan fingerprint density at radius 3 is 2.33 bits per heavy atom. The van der Waals surface area contributed by atoms with E-state index in [9.17, 15) is 4.79 Å². The van der Waals surface area contributed by atoms with E-state index in [1.54, 1.807) is 0 Å². The largest absolute Gasteiger partial charge is 0.355 e. The second-order valence-corrected chi connectivity index (χ2v) is 5.47. The SMILES string of the molecule is Cc1nc(-c2ccccc2)nc(N2CCC(=O)CC2)c1C. The lowest BCUT2D eigenvalue weighted by Crippen LogP contribution is -2.35. The highest BCUT2D eigenvalue weighted by molar-refractivity contribution is 5.81. The zero-order valence-corrected chi connectivity index (χ0v) is 12.5. The molecule has 1 aliphatic heterocycles. The summed E-state index contributed by atoms with van der Waals surface area (Å²) in [5.74, 6) is 2.07. The fourth-order valence-corrected chi connectivity index (χ4v) is 2.61. The zero-order valence-electron chi connectivity index (χ0n) is 12.5. The number of aromatic nitrogens is 2. The highest BCUT2D eigenvalue weighted by Gasteiger charge is 2.21. The molecule has 4 nitrogen and oxygen atoms in total. The number of nitrogens with zero attached hydrogens (tertiary/aromatic N) is 3. The molecule has 2 heterocycles. The molecule has 0 saturated carbocycles. The van der Waals surface area contributed by atoms with Gasteiger partial charge in [-0.05, 0) is 13.8 Å². The van der Waals surface area contributed by atoms with Crippen molar-refractivity contribution in [3.8, 4) is 11.4 Å². The van der Waals surface area contributed by atoms with Crippen molar-refractivity contribution in [2.45, 2.75) is 26.7 Å². The Labute approximate surface area is 124 Å². The fraction of sp³-hybridized carbons (Fsp3) is 0.353. The minimum Gasteiger partial charge on any atom is -0.355 e. The maximum absolute atomic E-state index is 11.4. The van der Waals surface area contributed by atoms with Gasteiger partial charge < -0.3 is 4.90 Å². The van der Waals surface area contributed by atoms with E-state index in [1.807, 2.05) is 37.3 Å². The molecule has 1 aromatic carbocycles. The highest BCUT2D eigenvalue weighted by Crippen LogP contribution is 2.26. The molecule has 1 saturated heterocycles. The number of carbonyl (C=O) groups excluding carboxylic acids is 1. The number of carbonyl (C=O) groups is 1. The molecule has 0 aliphatic carbocycles. The van der Waals surface area contributed by atoms with Gasteiger partial charge in [-0.15, -0.1) is 0 Å². The summed E-state index contributed by atoms with van der Waals surface area (Å²) in [4.78, 5) is 23.0. The summed E-state index contributed by atoms with van der Waals surface area (Å²) in [6, 6.07) is 10.0.